The van der Waals surface area contributed by atoms with Gasteiger partial charge < -0.3 is 0 Å². The Morgan fingerprint density at radius 3 is 2.00 bits per heavy atom. The van der Waals surface area contributed by atoms with Crippen LogP contribution in [-0.2, 0) is 0 Å². The van der Waals surface area contributed by atoms with Gasteiger partial charge in [-0.3, -0.25) is 0 Å². The molecular formula is C3H7F2Ga. The molecule has 0 aliphatic rings. The van der Waals surface area contributed by atoms with Crippen LogP contribution in [0, 0.1) is 0 Å². The molecule has 0 atom stereocenters. The van der Waals surface area contributed by atoms with Crippen LogP contribution in [0.25, 0.3) is 0 Å². The van der Waals surface area contributed by atoms with Crippen molar-refractivity contribution in [3.63, 3.8) is 0 Å². The second kappa shape index (κ2) is 3.68. The Morgan fingerprint density at radius 1 is 1.50 bits per heavy atom. The SMILES string of the molecule is CC[CH2][Ga]([F])[F]. The van der Waals surface area contributed by atoms with E-state index in [9.17, 15) is 6.57 Å². The van der Waals surface area contributed by atoms with Crippen molar-refractivity contribution < 1.29 is 6.57 Å². The number of rotatable bonds is 2. The fourth-order valence-electron chi connectivity index (χ4n) is 0.218. The van der Waals surface area contributed by atoms with Gasteiger partial charge in [-0.2, -0.15) is 0 Å². The van der Waals surface area contributed by atoms with E-state index in [2.05, 4.69) is 0 Å². The van der Waals surface area contributed by atoms with Gasteiger partial charge in [0, 0.05) is 0 Å². The monoisotopic (exact) mass is 150 g/mol. The van der Waals surface area contributed by atoms with E-state index in [4.69, 9.17) is 0 Å². The summed E-state index contributed by atoms with van der Waals surface area (Å²) in [5.41, 5.74) is 0. The van der Waals surface area contributed by atoms with E-state index >= 15 is 0 Å². The minimum atomic E-state index is -3.54. The third-order valence-electron chi connectivity index (χ3n) is 0.507. The van der Waals surface area contributed by atoms with Gasteiger partial charge in [-0.1, -0.05) is 0 Å². The Balaban J connectivity index is 2.63. The molecule has 0 aromatic heterocycles. The van der Waals surface area contributed by atoms with Crippen LogP contribution in [0.15, 0.2) is 0 Å². The van der Waals surface area contributed by atoms with Crippen LogP contribution in [0.3, 0.4) is 0 Å². The van der Waals surface area contributed by atoms with Crippen molar-refractivity contribution >= 4 is 17.2 Å². The van der Waals surface area contributed by atoms with E-state index in [1.807, 2.05) is 0 Å². The van der Waals surface area contributed by atoms with Crippen LogP contribution in [-0.4, -0.2) is 17.2 Å². The van der Waals surface area contributed by atoms with Crippen molar-refractivity contribution in [3.8, 4) is 0 Å². The standard InChI is InChI=1S/C3H7.2FH.Ga/c1-3-2;;;/h1,3H2,2H3;2*1H;/q;;;+2/p-2. The van der Waals surface area contributed by atoms with Gasteiger partial charge in [0.15, 0.2) is 0 Å². The summed E-state index contributed by atoms with van der Waals surface area (Å²) in [7, 11) is 0. The van der Waals surface area contributed by atoms with Crippen molar-refractivity contribution in [2.75, 3.05) is 0 Å². The Hall–Kier alpha value is 0.496. The summed E-state index contributed by atoms with van der Waals surface area (Å²) in [6.07, 6.45) is 0.664. The van der Waals surface area contributed by atoms with Crippen molar-refractivity contribution in [2.24, 2.45) is 0 Å². The number of hydrogen-bond acceptors (Lipinski definition) is 0. The van der Waals surface area contributed by atoms with Crippen LogP contribution in [0.1, 0.15) is 13.3 Å². The summed E-state index contributed by atoms with van der Waals surface area (Å²) in [6.45, 7) is 1.79. The predicted octanol–water partition coefficient (Wildman–Crippen LogP) is 1.82. The molecular weight excluding hydrogens is 144 g/mol. The zero-order chi connectivity index (χ0) is 4.99. The van der Waals surface area contributed by atoms with Gasteiger partial charge in [0.25, 0.3) is 0 Å². The summed E-state index contributed by atoms with van der Waals surface area (Å²) >= 11 is -3.54. The third-order valence-corrected chi connectivity index (χ3v) is 2.63. The first-order chi connectivity index (χ1) is 2.77. The van der Waals surface area contributed by atoms with Crippen LogP contribution < -0.4 is 0 Å². The molecule has 0 fully saturated rings. The van der Waals surface area contributed by atoms with Crippen LogP contribution in [0.2, 0.25) is 4.98 Å². The van der Waals surface area contributed by atoms with E-state index in [1.54, 1.807) is 6.92 Å². The summed E-state index contributed by atoms with van der Waals surface area (Å²) in [6, 6.07) is 0. The molecule has 0 aliphatic carbocycles. The molecule has 3 heteroatoms. The molecule has 0 amide bonds. The Kier molecular flexibility index (Phi) is 3.98. The molecule has 0 saturated heterocycles. The van der Waals surface area contributed by atoms with E-state index in [0.29, 0.717) is 6.42 Å². The second-order valence-electron chi connectivity index (χ2n) is 1.18. The first-order valence-corrected chi connectivity index (χ1v) is 5.60. The topological polar surface area (TPSA) is 0 Å². The number of hydrogen-bond donors (Lipinski definition) is 0. The van der Waals surface area contributed by atoms with E-state index in [0.717, 1.165) is 0 Å². The van der Waals surface area contributed by atoms with Crippen molar-refractivity contribution in [3.05, 3.63) is 0 Å². The molecule has 0 bridgehead atoms. The summed E-state index contributed by atoms with van der Waals surface area (Å²) in [4.78, 5) is 0.229. The van der Waals surface area contributed by atoms with Gasteiger partial charge in [-0.05, 0) is 0 Å². The fourth-order valence-corrected chi connectivity index (χ4v) is 1.13. The van der Waals surface area contributed by atoms with Gasteiger partial charge in [-0.25, -0.2) is 0 Å². The molecule has 0 aromatic rings. The van der Waals surface area contributed by atoms with E-state index < -0.39 is 17.2 Å². The van der Waals surface area contributed by atoms with E-state index in [1.165, 1.54) is 0 Å². The average Bonchev–Trinajstić information content (AvgIpc) is 1.35. The van der Waals surface area contributed by atoms with Crippen molar-refractivity contribution in [2.45, 2.75) is 18.3 Å². The number of halogens is 2. The molecule has 0 aliphatic heterocycles. The van der Waals surface area contributed by atoms with Crippen LogP contribution >= 0.6 is 0 Å². The maximum atomic E-state index is 11.2. The van der Waals surface area contributed by atoms with Crippen molar-refractivity contribution in [1.82, 2.24) is 0 Å². The molecule has 0 spiro atoms. The zero-order valence-corrected chi connectivity index (χ0v) is 6.17. The molecule has 0 saturated carbocycles. The fraction of sp³-hybridized carbons (Fsp3) is 1.00. The molecule has 6 heavy (non-hydrogen) atoms. The molecule has 0 N–H and O–H groups in total. The van der Waals surface area contributed by atoms with Gasteiger partial charge in [0.05, 0.1) is 0 Å². The summed E-state index contributed by atoms with van der Waals surface area (Å²) < 4.78 is 22.4. The van der Waals surface area contributed by atoms with Crippen LogP contribution in [0.4, 0.5) is 6.57 Å². The van der Waals surface area contributed by atoms with Gasteiger partial charge >= 0.3 is 42.1 Å². The first-order valence-electron chi connectivity index (χ1n) is 2.05. The van der Waals surface area contributed by atoms with Crippen LogP contribution in [0.5, 0.6) is 0 Å². The molecule has 0 nitrogen and oxygen atoms in total. The predicted molar refractivity (Wildman–Crippen MR) is 23.1 cm³/mol. The Bertz CT molecular complexity index is 30.0. The third kappa shape index (κ3) is 4.50. The molecule has 0 radical (unpaired) electrons. The van der Waals surface area contributed by atoms with Gasteiger partial charge in [0.1, 0.15) is 0 Å². The molecule has 0 rings (SSSR count). The molecule has 0 heterocycles. The van der Waals surface area contributed by atoms with Crippen molar-refractivity contribution in [1.29, 1.82) is 0 Å². The minimum absolute atomic E-state index is 0.229. The van der Waals surface area contributed by atoms with Gasteiger partial charge in [0.2, 0.25) is 0 Å². The second-order valence-corrected chi connectivity index (χ2v) is 4.03. The van der Waals surface area contributed by atoms with E-state index in [-0.39, 0.29) is 4.98 Å². The Morgan fingerprint density at radius 2 is 2.00 bits per heavy atom. The summed E-state index contributed by atoms with van der Waals surface area (Å²) in [5, 5.41) is 0. The first kappa shape index (κ1) is 6.50. The average molecular weight is 151 g/mol. The quantitative estimate of drug-likeness (QED) is 0.527. The van der Waals surface area contributed by atoms with Gasteiger partial charge in [-0.15, -0.1) is 0 Å². The Labute approximate surface area is 42.8 Å². The molecule has 36 valence electrons. The molecule has 0 unspecified atom stereocenters. The normalized spacial score (nSPS) is 8.50. The zero-order valence-electron chi connectivity index (χ0n) is 3.75. The summed E-state index contributed by atoms with van der Waals surface area (Å²) in [5.74, 6) is 0. The maximum absolute atomic E-state index is 11.2. The molecule has 0 aromatic carbocycles.